The van der Waals surface area contributed by atoms with Gasteiger partial charge in [-0.15, -0.1) is 0 Å². The Bertz CT molecular complexity index is 434. The van der Waals surface area contributed by atoms with E-state index in [0.717, 1.165) is 31.3 Å². The van der Waals surface area contributed by atoms with Crippen molar-refractivity contribution in [3.63, 3.8) is 0 Å². The summed E-state index contributed by atoms with van der Waals surface area (Å²) in [6.07, 6.45) is 4.93. The number of halogens is 2. The molecule has 0 aromatic heterocycles. The molecule has 0 bridgehead atoms. The van der Waals surface area contributed by atoms with Gasteiger partial charge in [-0.1, -0.05) is 0 Å². The third kappa shape index (κ3) is 3.76. The van der Waals surface area contributed by atoms with E-state index in [9.17, 15) is 8.78 Å². The van der Waals surface area contributed by atoms with Crippen molar-refractivity contribution < 1.29 is 8.78 Å². The van der Waals surface area contributed by atoms with Crippen LogP contribution in [-0.2, 0) is 6.54 Å². The highest BCUT2D eigenvalue weighted by atomic mass is 19.1. The van der Waals surface area contributed by atoms with Gasteiger partial charge in [-0.3, -0.25) is 4.90 Å². The predicted octanol–water partition coefficient (Wildman–Crippen LogP) is 2.93. The Morgan fingerprint density at radius 2 is 1.85 bits per heavy atom. The molecule has 1 heterocycles. The van der Waals surface area contributed by atoms with E-state index in [4.69, 9.17) is 0 Å². The molecule has 4 heteroatoms. The van der Waals surface area contributed by atoms with Crippen molar-refractivity contribution in [3.8, 4) is 0 Å². The quantitative estimate of drug-likeness (QED) is 0.892. The maximum absolute atomic E-state index is 13.3. The normalized spacial score (nSPS) is 23.2. The fourth-order valence-corrected chi connectivity index (χ4v) is 3.13. The first-order chi connectivity index (χ1) is 9.70. The van der Waals surface area contributed by atoms with Crippen LogP contribution in [0.3, 0.4) is 0 Å². The molecule has 20 heavy (non-hydrogen) atoms. The lowest BCUT2D eigenvalue weighted by Gasteiger charge is -2.30. The lowest BCUT2D eigenvalue weighted by molar-refractivity contribution is 0.192. The van der Waals surface area contributed by atoms with Gasteiger partial charge in [0, 0.05) is 25.2 Å². The fraction of sp³-hybridized carbons (Fsp3) is 0.625. The highest BCUT2D eigenvalue weighted by Crippen LogP contribution is 2.30. The van der Waals surface area contributed by atoms with Crippen LogP contribution in [0.4, 0.5) is 8.78 Å². The average molecular weight is 280 g/mol. The number of hydrogen-bond acceptors (Lipinski definition) is 2. The van der Waals surface area contributed by atoms with E-state index in [1.165, 1.54) is 37.8 Å². The van der Waals surface area contributed by atoms with Gasteiger partial charge in [-0.2, -0.15) is 0 Å². The SMILES string of the molecule is Fc1cc(F)cc(CN(CC2CCCNC2)C2CC2)c1. The van der Waals surface area contributed by atoms with Crippen molar-refractivity contribution in [1.29, 1.82) is 0 Å². The fourth-order valence-electron chi connectivity index (χ4n) is 3.13. The Labute approximate surface area is 119 Å². The van der Waals surface area contributed by atoms with Crippen LogP contribution >= 0.6 is 0 Å². The van der Waals surface area contributed by atoms with Gasteiger partial charge in [0.1, 0.15) is 11.6 Å². The van der Waals surface area contributed by atoms with Crippen LogP contribution in [0.15, 0.2) is 18.2 Å². The second kappa shape index (κ2) is 6.19. The van der Waals surface area contributed by atoms with E-state index in [0.29, 0.717) is 18.5 Å². The molecule has 1 unspecified atom stereocenters. The number of nitrogens with one attached hydrogen (secondary N) is 1. The lowest BCUT2D eigenvalue weighted by atomic mass is 9.98. The molecule has 1 N–H and O–H groups in total. The first-order valence-corrected chi connectivity index (χ1v) is 7.60. The Kier molecular flexibility index (Phi) is 4.32. The molecule has 110 valence electrons. The van der Waals surface area contributed by atoms with Crippen molar-refractivity contribution in [2.45, 2.75) is 38.3 Å². The number of rotatable bonds is 5. The summed E-state index contributed by atoms with van der Waals surface area (Å²) in [5.41, 5.74) is 0.748. The summed E-state index contributed by atoms with van der Waals surface area (Å²) >= 11 is 0. The van der Waals surface area contributed by atoms with Crippen LogP contribution < -0.4 is 5.32 Å². The van der Waals surface area contributed by atoms with Gasteiger partial charge in [0.05, 0.1) is 0 Å². The summed E-state index contributed by atoms with van der Waals surface area (Å²) in [6, 6.07) is 4.47. The van der Waals surface area contributed by atoms with Crippen molar-refractivity contribution in [2.24, 2.45) is 5.92 Å². The first-order valence-electron chi connectivity index (χ1n) is 7.60. The van der Waals surface area contributed by atoms with Crippen molar-refractivity contribution in [1.82, 2.24) is 10.2 Å². The van der Waals surface area contributed by atoms with Crippen LogP contribution in [0.5, 0.6) is 0 Å². The molecule has 1 aromatic carbocycles. The summed E-state index contributed by atoms with van der Waals surface area (Å²) in [4.78, 5) is 2.41. The molecule has 2 aliphatic rings. The van der Waals surface area contributed by atoms with Crippen molar-refractivity contribution in [3.05, 3.63) is 35.4 Å². The van der Waals surface area contributed by atoms with E-state index < -0.39 is 11.6 Å². The highest BCUT2D eigenvalue weighted by molar-refractivity contribution is 5.18. The van der Waals surface area contributed by atoms with Gasteiger partial charge in [-0.25, -0.2) is 8.78 Å². The van der Waals surface area contributed by atoms with E-state index in [1.54, 1.807) is 0 Å². The maximum atomic E-state index is 13.3. The predicted molar refractivity (Wildman–Crippen MR) is 75.4 cm³/mol. The molecular formula is C16H22F2N2. The van der Waals surface area contributed by atoms with Crippen LogP contribution in [0.25, 0.3) is 0 Å². The molecule has 0 amide bonds. The van der Waals surface area contributed by atoms with Gasteiger partial charge in [0.15, 0.2) is 0 Å². The standard InChI is InChI=1S/C16H22F2N2/c17-14-6-13(7-15(18)8-14)11-20(16-3-4-16)10-12-2-1-5-19-9-12/h6-8,12,16,19H,1-5,9-11H2. The lowest BCUT2D eigenvalue weighted by Crippen LogP contribution is -2.39. The molecule has 1 aliphatic carbocycles. The second-order valence-electron chi connectivity index (χ2n) is 6.15. The third-order valence-electron chi connectivity index (χ3n) is 4.26. The zero-order chi connectivity index (χ0) is 13.9. The minimum atomic E-state index is -0.477. The van der Waals surface area contributed by atoms with E-state index in [2.05, 4.69) is 10.2 Å². The zero-order valence-corrected chi connectivity index (χ0v) is 11.7. The summed E-state index contributed by atoms with van der Waals surface area (Å²) in [5.74, 6) is -0.284. The topological polar surface area (TPSA) is 15.3 Å². The molecule has 2 fully saturated rings. The van der Waals surface area contributed by atoms with Crippen LogP contribution in [-0.4, -0.2) is 30.6 Å². The average Bonchev–Trinajstić information content (AvgIpc) is 3.22. The molecule has 1 aliphatic heterocycles. The molecule has 1 atom stereocenters. The number of benzene rings is 1. The van der Waals surface area contributed by atoms with E-state index in [-0.39, 0.29) is 0 Å². The van der Waals surface area contributed by atoms with Gasteiger partial charge in [0.2, 0.25) is 0 Å². The third-order valence-corrected chi connectivity index (χ3v) is 4.26. The smallest absolute Gasteiger partial charge is 0.126 e. The molecule has 1 saturated heterocycles. The minimum Gasteiger partial charge on any atom is -0.316 e. The molecule has 2 nitrogen and oxygen atoms in total. The van der Waals surface area contributed by atoms with Gasteiger partial charge in [-0.05, 0) is 62.4 Å². The first kappa shape index (κ1) is 14.0. The van der Waals surface area contributed by atoms with E-state index in [1.807, 2.05) is 0 Å². The maximum Gasteiger partial charge on any atom is 0.126 e. The van der Waals surface area contributed by atoms with Crippen molar-refractivity contribution in [2.75, 3.05) is 19.6 Å². The Morgan fingerprint density at radius 1 is 1.10 bits per heavy atom. The van der Waals surface area contributed by atoms with E-state index >= 15 is 0 Å². The molecule has 0 spiro atoms. The Balaban J connectivity index is 1.64. The molecule has 1 saturated carbocycles. The number of nitrogens with zero attached hydrogens (tertiary/aromatic N) is 1. The number of piperidine rings is 1. The monoisotopic (exact) mass is 280 g/mol. The van der Waals surface area contributed by atoms with Crippen LogP contribution in [0.1, 0.15) is 31.2 Å². The summed E-state index contributed by atoms with van der Waals surface area (Å²) in [5, 5.41) is 3.43. The Morgan fingerprint density at radius 3 is 2.45 bits per heavy atom. The van der Waals surface area contributed by atoms with Gasteiger partial charge in [0.25, 0.3) is 0 Å². The zero-order valence-electron chi connectivity index (χ0n) is 11.7. The van der Waals surface area contributed by atoms with Gasteiger partial charge < -0.3 is 5.32 Å². The Hall–Kier alpha value is -1.00. The molecular weight excluding hydrogens is 258 g/mol. The minimum absolute atomic E-state index is 0.477. The highest BCUT2D eigenvalue weighted by Gasteiger charge is 2.31. The number of hydrogen-bond donors (Lipinski definition) is 1. The summed E-state index contributed by atoms with van der Waals surface area (Å²) in [6.45, 7) is 3.89. The summed E-state index contributed by atoms with van der Waals surface area (Å²) < 4.78 is 26.6. The molecule has 3 rings (SSSR count). The molecule has 1 aromatic rings. The summed E-state index contributed by atoms with van der Waals surface area (Å²) in [7, 11) is 0. The molecule has 0 radical (unpaired) electrons. The van der Waals surface area contributed by atoms with Crippen LogP contribution in [0, 0.1) is 17.6 Å². The van der Waals surface area contributed by atoms with Gasteiger partial charge >= 0.3 is 0 Å². The second-order valence-corrected chi connectivity index (χ2v) is 6.15. The van der Waals surface area contributed by atoms with Crippen LogP contribution in [0.2, 0.25) is 0 Å². The van der Waals surface area contributed by atoms with Crippen molar-refractivity contribution >= 4 is 0 Å². The largest absolute Gasteiger partial charge is 0.316 e.